The first-order valence-electron chi connectivity index (χ1n) is 6.52. The van der Waals surface area contributed by atoms with Crippen LogP contribution in [0, 0.1) is 5.82 Å². The van der Waals surface area contributed by atoms with Gasteiger partial charge in [0.15, 0.2) is 11.6 Å². The number of carbonyl (C=O) groups excluding carboxylic acids is 1. The number of rotatable bonds is 6. The molecule has 0 radical (unpaired) electrons. The van der Waals surface area contributed by atoms with E-state index in [0.29, 0.717) is 12.1 Å². The Labute approximate surface area is 126 Å². The van der Waals surface area contributed by atoms with Gasteiger partial charge in [0.25, 0.3) is 0 Å². The molecule has 0 fully saturated rings. The number of hydrogen-bond acceptors (Lipinski definition) is 5. The van der Waals surface area contributed by atoms with E-state index >= 15 is 0 Å². The van der Waals surface area contributed by atoms with Gasteiger partial charge in [-0.25, -0.2) is 9.18 Å². The van der Waals surface area contributed by atoms with Crippen molar-refractivity contribution in [1.82, 2.24) is 5.32 Å². The van der Waals surface area contributed by atoms with Gasteiger partial charge in [0.2, 0.25) is 0 Å². The number of halogens is 1. The molecular weight excluding hydrogens is 293 g/mol. The number of nitrogens with one attached hydrogen (secondary N) is 1. The van der Waals surface area contributed by atoms with E-state index < -0.39 is 23.6 Å². The molecule has 0 spiro atoms. The van der Waals surface area contributed by atoms with E-state index in [2.05, 4.69) is 5.32 Å². The summed E-state index contributed by atoms with van der Waals surface area (Å²) in [5, 5.41) is 14.2. The summed E-state index contributed by atoms with van der Waals surface area (Å²) in [7, 11) is 0. The van der Waals surface area contributed by atoms with Gasteiger partial charge in [0.1, 0.15) is 6.04 Å². The third kappa shape index (κ3) is 4.03. The van der Waals surface area contributed by atoms with E-state index in [-0.39, 0.29) is 6.61 Å². The fourth-order valence-electron chi connectivity index (χ4n) is 1.88. The van der Waals surface area contributed by atoms with Gasteiger partial charge in [-0.05, 0) is 36.1 Å². The molecule has 0 saturated carbocycles. The van der Waals surface area contributed by atoms with Crippen LogP contribution in [-0.4, -0.2) is 17.7 Å². The maximum absolute atomic E-state index is 13.5. The number of phenolic OH excluding ortho intramolecular Hbond substituents is 1. The topological polar surface area (TPSA) is 58.6 Å². The predicted molar refractivity (Wildman–Crippen MR) is 78.6 cm³/mol. The van der Waals surface area contributed by atoms with Crippen molar-refractivity contribution in [3.8, 4) is 5.75 Å². The zero-order valence-corrected chi connectivity index (χ0v) is 12.3. The van der Waals surface area contributed by atoms with E-state index in [1.165, 1.54) is 12.1 Å². The lowest BCUT2D eigenvalue weighted by Crippen LogP contribution is -2.29. The first kappa shape index (κ1) is 15.5. The number of thiophene rings is 1. The van der Waals surface area contributed by atoms with Gasteiger partial charge >= 0.3 is 5.97 Å². The van der Waals surface area contributed by atoms with Gasteiger partial charge < -0.3 is 9.84 Å². The van der Waals surface area contributed by atoms with E-state index in [9.17, 15) is 14.3 Å². The lowest BCUT2D eigenvalue weighted by molar-refractivity contribution is -0.145. The molecule has 6 heteroatoms. The lowest BCUT2D eigenvalue weighted by atomic mass is 10.1. The van der Waals surface area contributed by atoms with Crippen molar-refractivity contribution in [2.24, 2.45) is 0 Å². The minimum atomic E-state index is -0.776. The third-order valence-electron chi connectivity index (χ3n) is 2.89. The van der Waals surface area contributed by atoms with Crippen molar-refractivity contribution in [3.63, 3.8) is 0 Å². The van der Waals surface area contributed by atoms with Crippen LogP contribution < -0.4 is 5.32 Å². The van der Waals surface area contributed by atoms with Gasteiger partial charge in [-0.3, -0.25) is 5.32 Å². The molecule has 1 aromatic heterocycles. The predicted octanol–water partition coefficient (Wildman–Crippen LogP) is 2.99. The molecule has 1 aromatic carbocycles. The zero-order chi connectivity index (χ0) is 15.2. The summed E-state index contributed by atoms with van der Waals surface area (Å²) in [5.74, 6) is -1.68. The highest BCUT2D eigenvalue weighted by atomic mass is 32.1. The first-order chi connectivity index (χ1) is 10.1. The Bertz CT molecular complexity index is 601. The molecular formula is C15H16FNO3S. The number of hydrogen-bond donors (Lipinski definition) is 2. The standard InChI is InChI=1S/C15H16FNO3S/c1-2-20-15(19)14(17-9-11-4-3-7-21-11)10-5-6-13(18)12(16)8-10/h3-8,14,17-18H,2,9H2,1H3. The zero-order valence-electron chi connectivity index (χ0n) is 11.5. The van der Waals surface area contributed by atoms with Crippen molar-refractivity contribution in [2.45, 2.75) is 19.5 Å². The Morgan fingerprint density at radius 2 is 2.29 bits per heavy atom. The monoisotopic (exact) mass is 309 g/mol. The molecule has 21 heavy (non-hydrogen) atoms. The normalized spacial score (nSPS) is 12.1. The fourth-order valence-corrected chi connectivity index (χ4v) is 2.54. The van der Waals surface area contributed by atoms with Crippen LogP contribution in [0.4, 0.5) is 4.39 Å². The highest BCUT2D eigenvalue weighted by Gasteiger charge is 2.22. The van der Waals surface area contributed by atoms with Crippen LogP contribution in [0.15, 0.2) is 35.7 Å². The van der Waals surface area contributed by atoms with Crippen LogP contribution in [0.2, 0.25) is 0 Å². The Kier molecular flexibility index (Phi) is 5.30. The maximum atomic E-state index is 13.5. The van der Waals surface area contributed by atoms with Crippen LogP contribution in [-0.2, 0) is 16.1 Å². The SMILES string of the molecule is CCOC(=O)C(NCc1cccs1)c1ccc(O)c(F)c1. The minimum absolute atomic E-state index is 0.247. The van der Waals surface area contributed by atoms with Crippen molar-refractivity contribution in [2.75, 3.05) is 6.61 Å². The summed E-state index contributed by atoms with van der Waals surface area (Å²) in [4.78, 5) is 13.1. The summed E-state index contributed by atoms with van der Waals surface area (Å²) in [6.07, 6.45) is 0. The van der Waals surface area contributed by atoms with Gasteiger partial charge in [-0.15, -0.1) is 11.3 Å². The van der Waals surface area contributed by atoms with E-state index in [0.717, 1.165) is 10.9 Å². The Balaban J connectivity index is 2.18. The Morgan fingerprint density at radius 3 is 2.90 bits per heavy atom. The highest BCUT2D eigenvalue weighted by molar-refractivity contribution is 7.09. The molecule has 4 nitrogen and oxygen atoms in total. The lowest BCUT2D eigenvalue weighted by Gasteiger charge is -2.17. The second-order valence-electron chi connectivity index (χ2n) is 4.36. The van der Waals surface area contributed by atoms with Crippen molar-refractivity contribution in [1.29, 1.82) is 0 Å². The molecule has 1 atom stereocenters. The maximum Gasteiger partial charge on any atom is 0.327 e. The number of carbonyl (C=O) groups is 1. The molecule has 0 bridgehead atoms. The number of benzene rings is 1. The number of esters is 1. The number of phenols is 1. The van der Waals surface area contributed by atoms with E-state index in [1.807, 2.05) is 17.5 Å². The van der Waals surface area contributed by atoms with Crippen LogP contribution in [0.25, 0.3) is 0 Å². The summed E-state index contributed by atoms with van der Waals surface area (Å²) >= 11 is 1.56. The van der Waals surface area contributed by atoms with Gasteiger partial charge in [-0.1, -0.05) is 12.1 Å². The van der Waals surface area contributed by atoms with Gasteiger partial charge in [0.05, 0.1) is 6.61 Å². The minimum Gasteiger partial charge on any atom is -0.505 e. The number of ether oxygens (including phenoxy) is 1. The van der Waals surface area contributed by atoms with Crippen LogP contribution in [0.3, 0.4) is 0 Å². The molecule has 1 unspecified atom stereocenters. The van der Waals surface area contributed by atoms with E-state index in [4.69, 9.17) is 4.74 Å². The molecule has 0 aliphatic heterocycles. The smallest absolute Gasteiger partial charge is 0.327 e. The van der Waals surface area contributed by atoms with Crippen molar-refractivity contribution in [3.05, 3.63) is 52.0 Å². The van der Waals surface area contributed by atoms with Crippen LogP contribution in [0.1, 0.15) is 23.4 Å². The van der Waals surface area contributed by atoms with E-state index in [1.54, 1.807) is 18.3 Å². The Morgan fingerprint density at radius 1 is 1.48 bits per heavy atom. The quantitative estimate of drug-likeness (QED) is 0.805. The second-order valence-corrected chi connectivity index (χ2v) is 5.39. The average Bonchev–Trinajstić information content (AvgIpc) is 2.96. The molecule has 2 N–H and O–H groups in total. The molecule has 0 amide bonds. The second kappa shape index (κ2) is 7.19. The van der Waals surface area contributed by atoms with Crippen LogP contribution in [0.5, 0.6) is 5.75 Å². The summed E-state index contributed by atoms with van der Waals surface area (Å²) in [6, 6.07) is 6.95. The fraction of sp³-hybridized carbons (Fsp3) is 0.267. The molecule has 0 saturated heterocycles. The Hall–Kier alpha value is -1.92. The average molecular weight is 309 g/mol. The van der Waals surface area contributed by atoms with Crippen molar-refractivity contribution < 1.29 is 19.0 Å². The molecule has 2 aromatic rings. The largest absolute Gasteiger partial charge is 0.505 e. The molecule has 0 aliphatic rings. The molecule has 0 aliphatic carbocycles. The molecule has 112 valence electrons. The van der Waals surface area contributed by atoms with Gasteiger partial charge in [0, 0.05) is 11.4 Å². The first-order valence-corrected chi connectivity index (χ1v) is 7.40. The van der Waals surface area contributed by atoms with Crippen LogP contribution >= 0.6 is 11.3 Å². The third-order valence-corrected chi connectivity index (χ3v) is 3.76. The highest BCUT2D eigenvalue weighted by Crippen LogP contribution is 2.22. The summed E-state index contributed by atoms with van der Waals surface area (Å²) in [5.41, 5.74) is 0.417. The number of aromatic hydroxyl groups is 1. The molecule has 2 rings (SSSR count). The summed E-state index contributed by atoms with van der Waals surface area (Å²) in [6.45, 7) is 2.44. The van der Waals surface area contributed by atoms with Crippen molar-refractivity contribution >= 4 is 17.3 Å². The van der Waals surface area contributed by atoms with Gasteiger partial charge in [-0.2, -0.15) is 0 Å². The molecule has 1 heterocycles. The summed E-state index contributed by atoms with van der Waals surface area (Å²) < 4.78 is 18.5.